The molecule has 0 radical (unpaired) electrons. The van der Waals surface area contributed by atoms with Gasteiger partial charge in [0.25, 0.3) is 5.56 Å². The van der Waals surface area contributed by atoms with Gasteiger partial charge in [-0.15, -0.1) is 11.3 Å². The fourth-order valence-electron chi connectivity index (χ4n) is 3.62. The van der Waals surface area contributed by atoms with Crippen molar-refractivity contribution in [2.75, 3.05) is 7.11 Å². The smallest absolute Gasteiger partial charge is 0.262 e. The monoisotopic (exact) mass is 413 g/mol. The standard InChI is InChI=1S/C22H27N3O3S/c1-12(2)20-24-21-19(22(27)25(20)10-6-7-17(23)26)18(14(4)29-21)15-11-13(3)8-9-16(15)28-5/h8-9,11-12H,6-7,10H2,1-5H3,(H2,23,26). The molecule has 0 aliphatic heterocycles. The summed E-state index contributed by atoms with van der Waals surface area (Å²) in [7, 11) is 1.63. The van der Waals surface area contributed by atoms with Gasteiger partial charge >= 0.3 is 0 Å². The van der Waals surface area contributed by atoms with E-state index in [1.165, 1.54) is 11.3 Å². The number of nitrogens with two attached hydrogens (primary N) is 1. The topological polar surface area (TPSA) is 87.2 Å². The lowest BCUT2D eigenvalue weighted by molar-refractivity contribution is -0.118. The van der Waals surface area contributed by atoms with Crippen LogP contribution in [0, 0.1) is 13.8 Å². The Morgan fingerprint density at radius 3 is 2.66 bits per heavy atom. The number of aromatic nitrogens is 2. The summed E-state index contributed by atoms with van der Waals surface area (Å²) in [5.41, 5.74) is 8.07. The fraction of sp³-hybridized carbons (Fsp3) is 0.409. The first-order chi connectivity index (χ1) is 13.7. The molecule has 0 atom stereocenters. The van der Waals surface area contributed by atoms with E-state index in [9.17, 15) is 9.59 Å². The maximum atomic E-state index is 13.6. The van der Waals surface area contributed by atoms with Crippen molar-refractivity contribution in [3.8, 4) is 16.9 Å². The number of carbonyl (C=O) groups excluding carboxylic acids is 1. The van der Waals surface area contributed by atoms with Gasteiger partial charge in [-0.1, -0.05) is 25.5 Å². The number of ether oxygens (including phenoxy) is 1. The summed E-state index contributed by atoms with van der Waals surface area (Å²) in [5, 5.41) is 0.611. The Hall–Kier alpha value is -2.67. The Morgan fingerprint density at radius 2 is 2.03 bits per heavy atom. The quantitative estimate of drug-likeness (QED) is 0.631. The van der Waals surface area contributed by atoms with Gasteiger partial charge in [-0.3, -0.25) is 14.2 Å². The molecule has 2 N–H and O–H groups in total. The molecule has 6 nitrogen and oxygen atoms in total. The van der Waals surface area contributed by atoms with Gasteiger partial charge in [-0.05, 0) is 32.4 Å². The molecule has 0 aliphatic carbocycles. The molecule has 29 heavy (non-hydrogen) atoms. The number of methoxy groups -OCH3 is 1. The number of nitrogens with zero attached hydrogens (tertiary/aromatic N) is 2. The van der Waals surface area contributed by atoms with E-state index in [1.54, 1.807) is 11.7 Å². The number of amides is 1. The fourth-order valence-corrected chi connectivity index (χ4v) is 4.66. The van der Waals surface area contributed by atoms with E-state index in [2.05, 4.69) is 0 Å². The molecule has 0 fully saturated rings. The molecule has 0 spiro atoms. The number of thiophene rings is 1. The second-order valence-electron chi connectivity index (χ2n) is 7.57. The van der Waals surface area contributed by atoms with Crippen molar-refractivity contribution in [2.45, 2.75) is 53.0 Å². The molecular weight excluding hydrogens is 386 g/mol. The molecule has 2 heterocycles. The van der Waals surface area contributed by atoms with Gasteiger partial charge in [-0.2, -0.15) is 0 Å². The number of hydrogen-bond acceptors (Lipinski definition) is 5. The maximum absolute atomic E-state index is 13.6. The molecule has 3 aromatic rings. The highest BCUT2D eigenvalue weighted by atomic mass is 32.1. The summed E-state index contributed by atoms with van der Waals surface area (Å²) >= 11 is 1.53. The third kappa shape index (κ3) is 4.05. The van der Waals surface area contributed by atoms with Gasteiger partial charge in [0.2, 0.25) is 5.91 Å². The SMILES string of the molecule is COc1ccc(C)cc1-c1c(C)sc2nc(C(C)C)n(CCCC(N)=O)c(=O)c12. The minimum absolute atomic E-state index is 0.0777. The van der Waals surface area contributed by atoms with E-state index in [1.807, 2.05) is 45.9 Å². The van der Waals surface area contributed by atoms with Gasteiger partial charge < -0.3 is 10.5 Å². The lowest BCUT2D eigenvalue weighted by Crippen LogP contribution is -2.26. The summed E-state index contributed by atoms with van der Waals surface area (Å²) in [6.07, 6.45) is 0.748. The van der Waals surface area contributed by atoms with Crippen LogP contribution in [0.15, 0.2) is 23.0 Å². The lowest BCUT2D eigenvalue weighted by atomic mass is 10.0. The minimum atomic E-state index is -0.366. The van der Waals surface area contributed by atoms with E-state index in [4.69, 9.17) is 15.5 Å². The highest BCUT2D eigenvalue weighted by Gasteiger charge is 2.22. The first kappa shape index (κ1) is 21.0. The van der Waals surface area contributed by atoms with Crippen LogP contribution >= 0.6 is 11.3 Å². The summed E-state index contributed by atoms with van der Waals surface area (Å²) < 4.78 is 7.28. The number of carbonyl (C=O) groups is 1. The van der Waals surface area contributed by atoms with Gasteiger partial charge in [0, 0.05) is 34.9 Å². The van der Waals surface area contributed by atoms with Gasteiger partial charge in [-0.25, -0.2) is 4.98 Å². The first-order valence-corrected chi connectivity index (χ1v) is 10.5. The van der Waals surface area contributed by atoms with E-state index in [0.717, 1.165) is 38.0 Å². The second-order valence-corrected chi connectivity index (χ2v) is 8.77. The predicted octanol–water partition coefficient (Wildman–Crippen LogP) is 4.14. The number of primary amides is 1. The van der Waals surface area contributed by atoms with Crippen molar-refractivity contribution in [3.05, 3.63) is 44.8 Å². The molecule has 0 saturated heterocycles. The Morgan fingerprint density at radius 1 is 1.31 bits per heavy atom. The zero-order valence-corrected chi connectivity index (χ0v) is 18.4. The number of benzene rings is 1. The number of hydrogen-bond donors (Lipinski definition) is 1. The van der Waals surface area contributed by atoms with Crippen LogP contribution in [0.2, 0.25) is 0 Å². The van der Waals surface area contributed by atoms with Gasteiger partial charge in [0.15, 0.2) is 0 Å². The van der Waals surface area contributed by atoms with Crippen molar-refractivity contribution in [3.63, 3.8) is 0 Å². The minimum Gasteiger partial charge on any atom is -0.496 e. The van der Waals surface area contributed by atoms with Crippen molar-refractivity contribution in [1.82, 2.24) is 9.55 Å². The van der Waals surface area contributed by atoms with Gasteiger partial charge in [0.1, 0.15) is 16.4 Å². The third-order valence-corrected chi connectivity index (χ3v) is 5.96. The summed E-state index contributed by atoms with van der Waals surface area (Å²) in [6.45, 7) is 8.48. The van der Waals surface area contributed by atoms with Crippen LogP contribution in [0.25, 0.3) is 21.3 Å². The van der Waals surface area contributed by atoms with Crippen LogP contribution in [-0.2, 0) is 11.3 Å². The Labute approximate surface area is 174 Å². The lowest BCUT2D eigenvalue weighted by Gasteiger charge is -2.15. The summed E-state index contributed by atoms with van der Waals surface area (Å²) in [4.78, 5) is 31.4. The van der Waals surface area contributed by atoms with E-state index >= 15 is 0 Å². The van der Waals surface area contributed by atoms with Crippen molar-refractivity contribution < 1.29 is 9.53 Å². The average Bonchev–Trinajstić information content (AvgIpc) is 2.99. The molecule has 7 heteroatoms. The molecule has 1 aromatic carbocycles. The van der Waals surface area contributed by atoms with Gasteiger partial charge in [0.05, 0.1) is 12.5 Å². The molecule has 154 valence electrons. The van der Waals surface area contributed by atoms with E-state index < -0.39 is 0 Å². The molecule has 0 aliphatic rings. The van der Waals surface area contributed by atoms with Crippen molar-refractivity contribution in [1.29, 1.82) is 0 Å². The second kappa shape index (κ2) is 8.37. The molecule has 1 amide bonds. The maximum Gasteiger partial charge on any atom is 0.262 e. The summed E-state index contributed by atoms with van der Waals surface area (Å²) in [5.74, 6) is 1.18. The highest BCUT2D eigenvalue weighted by molar-refractivity contribution is 7.19. The normalized spacial score (nSPS) is 11.4. The van der Waals surface area contributed by atoms with Crippen molar-refractivity contribution in [2.24, 2.45) is 5.73 Å². The zero-order valence-electron chi connectivity index (χ0n) is 17.5. The number of aryl methyl sites for hydroxylation is 2. The average molecular weight is 414 g/mol. The molecule has 0 unspecified atom stereocenters. The Bertz CT molecular complexity index is 1130. The third-order valence-electron chi connectivity index (χ3n) is 4.96. The largest absolute Gasteiger partial charge is 0.496 e. The van der Waals surface area contributed by atoms with Crippen LogP contribution in [0.4, 0.5) is 0 Å². The Balaban J connectivity index is 2.29. The zero-order chi connectivity index (χ0) is 21.3. The van der Waals surface area contributed by atoms with Crippen LogP contribution in [0.5, 0.6) is 5.75 Å². The molecule has 3 rings (SSSR count). The van der Waals surface area contributed by atoms with Crippen LogP contribution < -0.4 is 16.0 Å². The molecule has 2 aromatic heterocycles. The van der Waals surface area contributed by atoms with Crippen LogP contribution in [0.1, 0.15) is 48.9 Å². The van der Waals surface area contributed by atoms with E-state index in [0.29, 0.717) is 18.4 Å². The highest BCUT2D eigenvalue weighted by Crippen LogP contribution is 2.40. The number of rotatable bonds is 7. The first-order valence-electron chi connectivity index (χ1n) is 9.71. The molecule has 0 saturated carbocycles. The van der Waals surface area contributed by atoms with E-state index in [-0.39, 0.29) is 23.8 Å². The van der Waals surface area contributed by atoms with Crippen LogP contribution in [-0.4, -0.2) is 22.6 Å². The molecule has 0 bridgehead atoms. The predicted molar refractivity (Wildman–Crippen MR) is 118 cm³/mol. The number of fused-ring (bicyclic) bond motifs is 1. The van der Waals surface area contributed by atoms with Crippen molar-refractivity contribution >= 4 is 27.5 Å². The van der Waals surface area contributed by atoms with Crippen LogP contribution in [0.3, 0.4) is 0 Å². The Kier molecular flexibility index (Phi) is 6.07. The summed E-state index contributed by atoms with van der Waals surface area (Å²) in [6, 6.07) is 5.96. The molecular formula is C22H27N3O3S.